The molecule has 2 aromatic heterocycles. The molecule has 0 saturated carbocycles. The molecule has 0 saturated heterocycles. The van der Waals surface area contributed by atoms with E-state index in [1.807, 2.05) is 24.3 Å². The van der Waals surface area contributed by atoms with E-state index in [0.29, 0.717) is 0 Å². The zero-order valence-corrected chi connectivity index (χ0v) is 13.2. The van der Waals surface area contributed by atoms with Gasteiger partial charge in [-0.2, -0.15) is 0 Å². The molecule has 4 aromatic rings. The highest BCUT2D eigenvalue weighted by atomic mass is 32.2. The van der Waals surface area contributed by atoms with Crippen LogP contribution in [0, 0.1) is 0 Å². The Bertz CT molecular complexity index is 912. The van der Waals surface area contributed by atoms with E-state index in [0.717, 1.165) is 22.2 Å². The van der Waals surface area contributed by atoms with E-state index in [-0.39, 0.29) is 0 Å². The summed E-state index contributed by atoms with van der Waals surface area (Å²) < 4.78 is 5.33. The summed E-state index contributed by atoms with van der Waals surface area (Å²) in [5.41, 5.74) is 2.06. The van der Waals surface area contributed by atoms with E-state index < -0.39 is 0 Å². The SMILES string of the molecule is c1coc(-c2ccc(SCc3cccc4ccccc34)nn2)c1. The normalized spacial score (nSPS) is 11.0. The van der Waals surface area contributed by atoms with Gasteiger partial charge in [0.1, 0.15) is 10.7 Å². The van der Waals surface area contributed by atoms with Gasteiger partial charge in [0.25, 0.3) is 0 Å². The average Bonchev–Trinajstić information content (AvgIpc) is 3.15. The molecule has 0 aliphatic carbocycles. The predicted molar refractivity (Wildman–Crippen MR) is 93.2 cm³/mol. The first kappa shape index (κ1) is 14.0. The number of hydrogen-bond acceptors (Lipinski definition) is 4. The second kappa shape index (κ2) is 6.26. The summed E-state index contributed by atoms with van der Waals surface area (Å²) in [6, 6.07) is 22.5. The van der Waals surface area contributed by atoms with Crippen molar-refractivity contribution in [3.05, 3.63) is 78.6 Å². The fourth-order valence-corrected chi connectivity index (χ4v) is 3.34. The lowest BCUT2D eigenvalue weighted by Gasteiger charge is -2.06. The van der Waals surface area contributed by atoms with E-state index >= 15 is 0 Å². The first-order valence-corrected chi connectivity index (χ1v) is 8.36. The molecule has 3 nitrogen and oxygen atoms in total. The zero-order valence-electron chi connectivity index (χ0n) is 12.3. The Hall–Kier alpha value is -2.59. The van der Waals surface area contributed by atoms with Gasteiger partial charge >= 0.3 is 0 Å². The minimum Gasteiger partial charge on any atom is -0.463 e. The maximum absolute atomic E-state index is 5.33. The van der Waals surface area contributed by atoms with Crippen LogP contribution in [0.3, 0.4) is 0 Å². The van der Waals surface area contributed by atoms with Crippen molar-refractivity contribution in [2.75, 3.05) is 0 Å². The van der Waals surface area contributed by atoms with Gasteiger partial charge in [0.2, 0.25) is 0 Å². The molecule has 0 radical (unpaired) electrons. The molecule has 0 aliphatic heterocycles. The quantitative estimate of drug-likeness (QED) is 0.486. The number of nitrogens with zero attached hydrogens (tertiary/aromatic N) is 2. The highest BCUT2D eigenvalue weighted by Crippen LogP contribution is 2.27. The summed E-state index contributed by atoms with van der Waals surface area (Å²) in [4.78, 5) is 0. The van der Waals surface area contributed by atoms with Gasteiger partial charge in [-0.1, -0.05) is 54.2 Å². The third-order valence-corrected chi connectivity index (χ3v) is 4.64. The van der Waals surface area contributed by atoms with Gasteiger partial charge in [0.05, 0.1) is 6.26 Å². The highest BCUT2D eigenvalue weighted by molar-refractivity contribution is 7.98. The van der Waals surface area contributed by atoms with Crippen molar-refractivity contribution in [3.8, 4) is 11.5 Å². The van der Waals surface area contributed by atoms with Gasteiger partial charge in [-0.05, 0) is 40.6 Å². The summed E-state index contributed by atoms with van der Waals surface area (Å²) in [7, 11) is 0. The third kappa shape index (κ3) is 2.98. The Morgan fingerprint density at radius 2 is 1.74 bits per heavy atom. The molecule has 4 heteroatoms. The summed E-state index contributed by atoms with van der Waals surface area (Å²) >= 11 is 1.69. The van der Waals surface area contributed by atoms with Gasteiger partial charge in [-0.3, -0.25) is 0 Å². The zero-order chi connectivity index (χ0) is 15.5. The molecule has 112 valence electrons. The van der Waals surface area contributed by atoms with E-state index in [2.05, 4.69) is 52.7 Å². The van der Waals surface area contributed by atoms with Crippen LogP contribution in [0.2, 0.25) is 0 Å². The topological polar surface area (TPSA) is 38.9 Å². The van der Waals surface area contributed by atoms with Crippen LogP contribution in [0.5, 0.6) is 0 Å². The molecule has 0 N–H and O–H groups in total. The molecule has 0 spiro atoms. The number of aromatic nitrogens is 2. The fourth-order valence-electron chi connectivity index (χ4n) is 2.52. The van der Waals surface area contributed by atoms with E-state index in [1.165, 1.54) is 16.3 Å². The third-order valence-electron chi connectivity index (χ3n) is 3.67. The molecular weight excluding hydrogens is 304 g/mol. The van der Waals surface area contributed by atoms with Crippen molar-refractivity contribution in [2.24, 2.45) is 0 Å². The highest BCUT2D eigenvalue weighted by Gasteiger charge is 2.05. The van der Waals surface area contributed by atoms with Crippen molar-refractivity contribution in [1.82, 2.24) is 10.2 Å². The Morgan fingerprint density at radius 3 is 2.57 bits per heavy atom. The molecule has 0 bridgehead atoms. The molecule has 0 atom stereocenters. The number of hydrogen-bond donors (Lipinski definition) is 0. The summed E-state index contributed by atoms with van der Waals surface area (Å²) in [5, 5.41) is 12.0. The van der Waals surface area contributed by atoms with Crippen LogP contribution >= 0.6 is 11.8 Å². The number of rotatable bonds is 4. The van der Waals surface area contributed by atoms with Crippen LogP contribution in [0.1, 0.15) is 5.56 Å². The van der Waals surface area contributed by atoms with Crippen molar-refractivity contribution in [3.63, 3.8) is 0 Å². The lowest BCUT2D eigenvalue weighted by molar-refractivity contribution is 0.578. The monoisotopic (exact) mass is 318 g/mol. The fraction of sp³-hybridized carbons (Fsp3) is 0.0526. The molecule has 0 unspecified atom stereocenters. The maximum Gasteiger partial charge on any atom is 0.154 e. The number of benzene rings is 2. The molecule has 4 rings (SSSR count). The smallest absolute Gasteiger partial charge is 0.154 e. The van der Waals surface area contributed by atoms with Crippen LogP contribution in [-0.2, 0) is 5.75 Å². The number of thioether (sulfide) groups is 1. The van der Waals surface area contributed by atoms with Crippen LogP contribution < -0.4 is 0 Å². The summed E-state index contributed by atoms with van der Waals surface area (Å²) in [6.07, 6.45) is 1.64. The van der Waals surface area contributed by atoms with Crippen molar-refractivity contribution < 1.29 is 4.42 Å². The number of furan rings is 1. The first-order valence-electron chi connectivity index (χ1n) is 7.37. The van der Waals surface area contributed by atoms with Gasteiger partial charge < -0.3 is 4.42 Å². The predicted octanol–water partition coefficient (Wildman–Crippen LogP) is 5.18. The standard InChI is InChI=1S/C19H14N2OS/c1-2-8-16-14(5-1)6-3-7-15(16)13-23-19-11-10-17(20-21-19)18-9-4-12-22-18/h1-12H,13H2. The van der Waals surface area contributed by atoms with Gasteiger partial charge in [0, 0.05) is 5.75 Å². The van der Waals surface area contributed by atoms with Gasteiger partial charge in [-0.25, -0.2) is 0 Å². The minimum absolute atomic E-state index is 0.739. The van der Waals surface area contributed by atoms with Gasteiger partial charge in [0.15, 0.2) is 5.76 Å². The van der Waals surface area contributed by atoms with Crippen molar-refractivity contribution >= 4 is 22.5 Å². The first-order chi connectivity index (χ1) is 11.4. The van der Waals surface area contributed by atoms with Crippen molar-refractivity contribution in [1.29, 1.82) is 0 Å². The Labute approximate surface area is 138 Å². The van der Waals surface area contributed by atoms with Crippen LogP contribution in [0.4, 0.5) is 0 Å². The molecule has 23 heavy (non-hydrogen) atoms. The summed E-state index contributed by atoms with van der Waals surface area (Å²) in [5.74, 6) is 1.61. The molecular formula is C19H14N2OS. The molecule has 0 fully saturated rings. The largest absolute Gasteiger partial charge is 0.463 e. The number of fused-ring (bicyclic) bond motifs is 1. The average molecular weight is 318 g/mol. The van der Waals surface area contributed by atoms with Crippen LogP contribution in [-0.4, -0.2) is 10.2 Å². The van der Waals surface area contributed by atoms with Crippen LogP contribution in [0.15, 0.2) is 82.4 Å². The Balaban J connectivity index is 1.52. The second-order valence-electron chi connectivity index (χ2n) is 5.16. The van der Waals surface area contributed by atoms with E-state index in [4.69, 9.17) is 4.42 Å². The lowest BCUT2D eigenvalue weighted by Crippen LogP contribution is -1.89. The maximum atomic E-state index is 5.33. The van der Waals surface area contributed by atoms with Gasteiger partial charge in [-0.15, -0.1) is 10.2 Å². The molecule has 0 aliphatic rings. The van der Waals surface area contributed by atoms with E-state index in [9.17, 15) is 0 Å². The molecule has 0 amide bonds. The lowest BCUT2D eigenvalue weighted by atomic mass is 10.1. The molecule has 2 aromatic carbocycles. The van der Waals surface area contributed by atoms with E-state index in [1.54, 1.807) is 18.0 Å². The Morgan fingerprint density at radius 1 is 0.826 bits per heavy atom. The minimum atomic E-state index is 0.739. The second-order valence-corrected chi connectivity index (χ2v) is 6.16. The van der Waals surface area contributed by atoms with Crippen molar-refractivity contribution in [2.45, 2.75) is 10.8 Å². The van der Waals surface area contributed by atoms with Crippen LogP contribution in [0.25, 0.3) is 22.2 Å². The summed E-state index contributed by atoms with van der Waals surface area (Å²) in [6.45, 7) is 0. The molecule has 2 heterocycles. The Kier molecular flexibility index (Phi) is 3.82.